The Labute approximate surface area is 181 Å². The first-order chi connectivity index (χ1) is 15.3. The molecule has 0 aliphatic rings. The van der Waals surface area contributed by atoms with Gasteiger partial charge in [-0.15, -0.1) is 0 Å². The van der Waals surface area contributed by atoms with Crippen LogP contribution in [-0.2, 0) is 6.18 Å². The Kier molecular flexibility index (Phi) is 5.59. The number of carbonyl (C=O) groups is 1. The van der Waals surface area contributed by atoms with Crippen LogP contribution in [0.15, 0.2) is 73.4 Å². The summed E-state index contributed by atoms with van der Waals surface area (Å²) in [6.07, 6.45) is 1.86. The number of rotatable bonds is 5. The molecular formula is C22H17F3N6O. The molecule has 2 N–H and O–H groups in total. The summed E-state index contributed by atoms with van der Waals surface area (Å²) >= 11 is 0. The van der Waals surface area contributed by atoms with E-state index in [1.165, 1.54) is 18.5 Å². The van der Waals surface area contributed by atoms with Crippen LogP contribution in [0.1, 0.15) is 21.5 Å². The number of amides is 1. The van der Waals surface area contributed by atoms with Crippen molar-refractivity contribution in [1.82, 2.24) is 19.5 Å². The van der Waals surface area contributed by atoms with Crippen LogP contribution in [0.4, 0.5) is 30.5 Å². The maximum Gasteiger partial charge on any atom is 0.416 e. The lowest BCUT2D eigenvalue weighted by Gasteiger charge is -2.14. The summed E-state index contributed by atoms with van der Waals surface area (Å²) < 4.78 is 40.5. The number of nitrogens with zero attached hydrogens (tertiary/aromatic N) is 4. The molecule has 4 rings (SSSR count). The molecule has 7 nitrogen and oxygen atoms in total. The molecule has 0 radical (unpaired) electrons. The van der Waals surface area contributed by atoms with E-state index in [1.54, 1.807) is 47.4 Å². The fraction of sp³-hybridized carbons (Fsp3) is 0.0909. The first-order valence-corrected chi connectivity index (χ1v) is 9.47. The number of anilines is 3. The van der Waals surface area contributed by atoms with Gasteiger partial charge in [-0.05, 0) is 48.9 Å². The molecule has 0 fully saturated rings. The molecule has 4 aromatic rings. The van der Waals surface area contributed by atoms with Crippen molar-refractivity contribution in [1.29, 1.82) is 0 Å². The Balaban J connectivity index is 1.56. The number of alkyl halides is 3. The van der Waals surface area contributed by atoms with Crippen LogP contribution in [0.2, 0.25) is 0 Å². The Bertz CT molecular complexity index is 1250. The number of imidazole rings is 1. The molecule has 2 aromatic heterocycles. The van der Waals surface area contributed by atoms with E-state index in [9.17, 15) is 18.0 Å². The second kappa shape index (κ2) is 8.50. The number of hydrogen-bond acceptors (Lipinski definition) is 5. The van der Waals surface area contributed by atoms with Gasteiger partial charge in [0.05, 0.1) is 5.56 Å². The summed E-state index contributed by atoms with van der Waals surface area (Å²) in [5, 5.41) is 5.83. The van der Waals surface area contributed by atoms with Crippen molar-refractivity contribution in [3.63, 3.8) is 0 Å². The van der Waals surface area contributed by atoms with E-state index >= 15 is 0 Å². The van der Waals surface area contributed by atoms with Crippen molar-refractivity contribution in [2.75, 3.05) is 10.6 Å². The topological polar surface area (TPSA) is 84.7 Å². The van der Waals surface area contributed by atoms with Gasteiger partial charge in [-0.2, -0.15) is 13.2 Å². The molecule has 0 unspecified atom stereocenters. The lowest BCUT2D eigenvalue weighted by Crippen LogP contribution is -2.14. The van der Waals surface area contributed by atoms with Gasteiger partial charge in [0, 0.05) is 35.5 Å². The van der Waals surface area contributed by atoms with Crippen molar-refractivity contribution in [2.45, 2.75) is 13.1 Å². The molecular weight excluding hydrogens is 421 g/mol. The summed E-state index contributed by atoms with van der Waals surface area (Å²) in [7, 11) is 0. The molecule has 0 spiro atoms. The molecule has 0 saturated carbocycles. The zero-order chi connectivity index (χ0) is 22.7. The van der Waals surface area contributed by atoms with Crippen LogP contribution in [-0.4, -0.2) is 25.4 Å². The molecule has 0 aliphatic heterocycles. The Hall–Kier alpha value is -4.21. The monoisotopic (exact) mass is 438 g/mol. The van der Waals surface area contributed by atoms with E-state index in [1.807, 2.05) is 6.92 Å². The quantitative estimate of drug-likeness (QED) is 0.459. The van der Waals surface area contributed by atoms with Gasteiger partial charge in [0.25, 0.3) is 5.91 Å². The minimum absolute atomic E-state index is 0.0887. The fourth-order valence-corrected chi connectivity index (χ4v) is 3.00. The van der Waals surface area contributed by atoms with Crippen molar-refractivity contribution >= 4 is 23.2 Å². The molecule has 10 heteroatoms. The highest BCUT2D eigenvalue weighted by Gasteiger charge is 2.30. The standard InChI is InChI=1S/C22H17F3N6O/c1-14-5-6-17(29-20(32)15-3-2-4-16(11-15)22(23,24)25)12-18(14)30-21-27-9-10-31(21)19-7-8-26-13-28-19/h2-13H,1H3,(H,27,30)(H,29,32). The zero-order valence-corrected chi connectivity index (χ0v) is 16.8. The molecule has 2 heterocycles. The SMILES string of the molecule is Cc1ccc(NC(=O)c2cccc(C(F)(F)F)c2)cc1Nc1nccn1-c1ccncn1. The highest BCUT2D eigenvalue weighted by molar-refractivity contribution is 6.04. The number of aryl methyl sites for hydroxylation is 1. The summed E-state index contributed by atoms with van der Waals surface area (Å²) in [6, 6.07) is 11.1. The third-order valence-electron chi connectivity index (χ3n) is 4.65. The van der Waals surface area contributed by atoms with Crippen LogP contribution in [0.3, 0.4) is 0 Å². The smallest absolute Gasteiger partial charge is 0.325 e. The molecule has 2 aromatic carbocycles. The first kappa shape index (κ1) is 21.0. The highest BCUT2D eigenvalue weighted by atomic mass is 19.4. The number of hydrogen-bond donors (Lipinski definition) is 2. The zero-order valence-electron chi connectivity index (χ0n) is 16.8. The Morgan fingerprint density at radius 2 is 1.88 bits per heavy atom. The lowest BCUT2D eigenvalue weighted by atomic mass is 10.1. The van der Waals surface area contributed by atoms with Gasteiger partial charge in [0.15, 0.2) is 0 Å². The minimum atomic E-state index is -4.52. The number of halogens is 3. The predicted octanol–water partition coefficient (Wildman–Crippen LogP) is 4.99. The normalized spacial score (nSPS) is 11.2. The van der Waals surface area contributed by atoms with Crippen LogP contribution in [0.25, 0.3) is 5.82 Å². The number of nitrogens with one attached hydrogen (secondary N) is 2. The van der Waals surface area contributed by atoms with E-state index in [-0.39, 0.29) is 5.56 Å². The van der Waals surface area contributed by atoms with E-state index in [0.717, 1.165) is 17.7 Å². The van der Waals surface area contributed by atoms with Crippen LogP contribution >= 0.6 is 0 Å². The molecule has 0 atom stereocenters. The van der Waals surface area contributed by atoms with Crippen molar-refractivity contribution in [3.8, 4) is 5.82 Å². The molecule has 0 aliphatic carbocycles. The fourth-order valence-electron chi connectivity index (χ4n) is 3.00. The van der Waals surface area contributed by atoms with Gasteiger partial charge < -0.3 is 10.6 Å². The molecule has 32 heavy (non-hydrogen) atoms. The van der Waals surface area contributed by atoms with Crippen molar-refractivity contribution < 1.29 is 18.0 Å². The van der Waals surface area contributed by atoms with Gasteiger partial charge in [0.2, 0.25) is 5.95 Å². The third kappa shape index (κ3) is 4.59. The highest BCUT2D eigenvalue weighted by Crippen LogP contribution is 2.30. The summed E-state index contributed by atoms with van der Waals surface area (Å²) in [4.78, 5) is 24.9. The van der Waals surface area contributed by atoms with Crippen molar-refractivity contribution in [3.05, 3.63) is 90.1 Å². The minimum Gasteiger partial charge on any atom is -0.325 e. The number of benzene rings is 2. The number of aromatic nitrogens is 4. The van der Waals surface area contributed by atoms with Crippen LogP contribution in [0, 0.1) is 6.92 Å². The maximum atomic E-state index is 12.9. The number of carbonyl (C=O) groups excluding carboxylic acids is 1. The summed E-state index contributed by atoms with van der Waals surface area (Å²) in [5.41, 5.74) is 0.982. The largest absolute Gasteiger partial charge is 0.416 e. The van der Waals surface area contributed by atoms with Crippen molar-refractivity contribution in [2.24, 2.45) is 0 Å². The predicted molar refractivity (Wildman–Crippen MR) is 113 cm³/mol. The van der Waals surface area contributed by atoms with Gasteiger partial charge in [-0.3, -0.25) is 9.36 Å². The van der Waals surface area contributed by atoms with Gasteiger partial charge >= 0.3 is 6.18 Å². The average molecular weight is 438 g/mol. The van der Waals surface area contributed by atoms with Gasteiger partial charge in [-0.25, -0.2) is 15.0 Å². The lowest BCUT2D eigenvalue weighted by molar-refractivity contribution is -0.137. The van der Waals surface area contributed by atoms with Crippen LogP contribution in [0.5, 0.6) is 0 Å². The maximum absolute atomic E-state index is 12.9. The summed E-state index contributed by atoms with van der Waals surface area (Å²) in [5.74, 6) is 0.466. The van der Waals surface area contributed by atoms with E-state index < -0.39 is 17.6 Å². The Morgan fingerprint density at radius 1 is 1.03 bits per heavy atom. The second-order valence-electron chi connectivity index (χ2n) is 6.88. The van der Waals surface area contributed by atoms with Gasteiger partial charge in [-0.1, -0.05) is 12.1 Å². The molecule has 0 bridgehead atoms. The molecule has 0 saturated heterocycles. The van der Waals surface area contributed by atoms with Crippen LogP contribution < -0.4 is 10.6 Å². The van der Waals surface area contributed by atoms with Gasteiger partial charge in [0.1, 0.15) is 12.1 Å². The third-order valence-corrected chi connectivity index (χ3v) is 4.65. The molecule has 162 valence electrons. The average Bonchev–Trinajstić information content (AvgIpc) is 3.24. The second-order valence-corrected chi connectivity index (χ2v) is 6.88. The van der Waals surface area contributed by atoms with E-state index in [4.69, 9.17) is 0 Å². The first-order valence-electron chi connectivity index (χ1n) is 9.47. The Morgan fingerprint density at radius 3 is 2.62 bits per heavy atom. The van der Waals surface area contributed by atoms with E-state index in [0.29, 0.717) is 23.1 Å². The summed E-state index contributed by atoms with van der Waals surface area (Å²) in [6.45, 7) is 1.87. The molecule has 1 amide bonds. The van der Waals surface area contributed by atoms with E-state index in [2.05, 4.69) is 25.6 Å².